The van der Waals surface area contributed by atoms with Gasteiger partial charge in [0, 0.05) is 5.41 Å². The van der Waals surface area contributed by atoms with Gasteiger partial charge in [-0.25, -0.2) is 4.79 Å². The van der Waals surface area contributed by atoms with Crippen molar-refractivity contribution in [2.75, 3.05) is 0 Å². The van der Waals surface area contributed by atoms with Crippen LogP contribution in [0.4, 0.5) is 0 Å². The van der Waals surface area contributed by atoms with Crippen LogP contribution in [0, 0.1) is 0 Å². The minimum absolute atomic E-state index is 0.146. The summed E-state index contributed by atoms with van der Waals surface area (Å²) in [6, 6.07) is 24.7. The first kappa shape index (κ1) is 17.2. The lowest BCUT2D eigenvalue weighted by Gasteiger charge is -2.26. The van der Waals surface area contributed by atoms with Gasteiger partial charge in [-0.1, -0.05) is 80.0 Å². The second kappa shape index (κ2) is 7.12. The number of hydrogen-bond donors (Lipinski definition) is 0. The number of carbonyl (C=O) groups is 1. The van der Waals surface area contributed by atoms with E-state index in [4.69, 9.17) is 16.3 Å². The van der Waals surface area contributed by atoms with E-state index in [0.717, 1.165) is 5.56 Å². The molecule has 0 spiro atoms. The number of para-hydroxylation sites is 1. The third-order valence-electron chi connectivity index (χ3n) is 4.38. The minimum Gasteiger partial charge on any atom is -0.421 e. The summed E-state index contributed by atoms with van der Waals surface area (Å²) in [6.07, 6.45) is 0. The number of benzene rings is 3. The first-order chi connectivity index (χ1) is 12.0. The quantitative estimate of drug-likeness (QED) is 0.433. The minimum atomic E-state index is -0.419. The highest BCUT2D eigenvalue weighted by molar-refractivity contribution is 6.32. The van der Waals surface area contributed by atoms with Crippen LogP contribution in [0.5, 0.6) is 5.75 Å². The molecule has 3 heteroatoms. The molecule has 0 saturated carbocycles. The average molecular weight is 351 g/mol. The van der Waals surface area contributed by atoms with Crippen molar-refractivity contribution in [1.82, 2.24) is 0 Å². The van der Waals surface area contributed by atoms with Gasteiger partial charge in [-0.05, 0) is 35.4 Å². The summed E-state index contributed by atoms with van der Waals surface area (Å²) in [5.74, 6) is -0.0555. The molecule has 0 atom stereocenters. The molecule has 0 fully saturated rings. The smallest absolute Gasteiger partial charge is 0.343 e. The van der Waals surface area contributed by atoms with Crippen LogP contribution < -0.4 is 4.74 Å². The normalized spacial score (nSPS) is 11.2. The zero-order valence-corrected chi connectivity index (χ0v) is 15.0. The van der Waals surface area contributed by atoms with E-state index in [1.54, 1.807) is 36.4 Å². The van der Waals surface area contributed by atoms with Crippen molar-refractivity contribution >= 4 is 17.6 Å². The Morgan fingerprint density at radius 2 is 1.36 bits per heavy atom. The van der Waals surface area contributed by atoms with Gasteiger partial charge in [0.2, 0.25) is 0 Å². The van der Waals surface area contributed by atoms with Crippen LogP contribution in [0.3, 0.4) is 0 Å². The molecule has 0 aliphatic rings. The Morgan fingerprint density at radius 1 is 0.800 bits per heavy atom. The third-order valence-corrected chi connectivity index (χ3v) is 4.69. The Morgan fingerprint density at radius 3 is 2.00 bits per heavy atom. The molecular weight excluding hydrogens is 332 g/mol. The zero-order valence-electron chi connectivity index (χ0n) is 14.2. The number of esters is 1. The standard InChI is InChI=1S/C22H19ClO2/c1-22(2,17-8-4-3-5-9-17)18-14-12-16(13-15-18)21(24)25-20-11-7-6-10-19(20)23/h3-15H,1-2H3. The molecule has 0 bridgehead atoms. The number of halogens is 1. The molecule has 126 valence electrons. The van der Waals surface area contributed by atoms with Crippen LogP contribution in [0.15, 0.2) is 78.9 Å². The van der Waals surface area contributed by atoms with E-state index in [2.05, 4.69) is 26.0 Å². The highest BCUT2D eigenvalue weighted by Crippen LogP contribution is 2.31. The van der Waals surface area contributed by atoms with Gasteiger partial charge in [-0.15, -0.1) is 0 Å². The molecule has 0 unspecified atom stereocenters. The van der Waals surface area contributed by atoms with Crippen LogP contribution in [0.1, 0.15) is 35.3 Å². The zero-order chi connectivity index (χ0) is 17.9. The Balaban J connectivity index is 1.80. The molecule has 0 aliphatic heterocycles. The molecule has 2 nitrogen and oxygen atoms in total. The Kier molecular flexibility index (Phi) is 4.91. The summed E-state index contributed by atoms with van der Waals surface area (Å²) in [5.41, 5.74) is 2.70. The van der Waals surface area contributed by atoms with Gasteiger partial charge in [0.1, 0.15) is 5.75 Å². The van der Waals surface area contributed by atoms with Crippen molar-refractivity contribution in [3.8, 4) is 5.75 Å². The number of carbonyl (C=O) groups excluding carboxylic acids is 1. The average Bonchev–Trinajstić information content (AvgIpc) is 2.64. The van der Waals surface area contributed by atoms with Crippen molar-refractivity contribution in [1.29, 1.82) is 0 Å². The summed E-state index contributed by atoms with van der Waals surface area (Å²) in [5, 5.41) is 0.415. The lowest BCUT2D eigenvalue weighted by Crippen LogP contribution is -2.19. The van der Waals surface area contributed by atoms with Gasteiger partial charge in [-0.2, -0.15) is 0 Å². The van der Waals surface area contributed by atoms with Crippen molar-refractivity contribution in [3.05, 3.63) is 101 Å². The maximum absolute atomic E-state index is 12.3. The van der Waals surface area contributed by atoms with Crippen molar-refractivity contribution in [3.63, 3.8) is 0 Å². The largest absolute Gasteiger partial charge is 0.421 e. The van der Waals surface area contributed by atoms with Crippen LogP contribution in [0.2, 0.25) is 5.02 Å². The monoisotopic (exact) mass is 350 g/mol. The molecule has 0 heterocycles. The molecule has 0 radical (unpaired) electrons. The van der Waals surface area contributed by atoms with Gasteiger partial charge < -0.3 is 4.74 Å². The van der Waals surface area contributed by atoms with E-state index in [1.807, 2.05) is 30.3 Å². The van der Waals surface area contributed by atoms with Crippen molar-refractivity contribution in [2.45, 2.75) is 19.3 Å². The van der Waals surface area contributed by atoms with Crippen molar-refractivity contribution < 1.29 is 9.53 Å². The lowest BCUT2D eigenvalue weighted by molar-refractivity contribution is 0.0735. The Bertz CT molecular complexity index is 868. The fourth-order valence-electron chi connectivity index (χ4n) is 2.73. The summed E-state index contributed by atoms with van der Waals surface area (Å²) >= 11 is 6.03. The Labute approximate surface area is 153 Å². The molecule has 0 saturated heterocycles. The maximum atomic E-state index is 12.3. The highest BCUT2D eigenvalue weighted by Gasteiger charge is 2.23. The Hall–Kier alpha value is -2.58. The second-order valence-corrected chi connectivity index (χ2v) is 6.80. The van der Waals surface area contributed by atoms with E-state index < -0.39 is 5.97 Å². The van der Waals surface area contributed by atoms with Crippen LogP contribution >= 0.6 is 11.6 Å². The van der Waals surface area contributed by atoms with Gasteiger partial charge in [0.15, 0.2) is 0 Å². The van der Waals surface area contributed by atoms with Crippen LogP contribution in [0.25, 0.3) is 0 Å². The van der Waals surface area contributed by atoms with Gasteiger partial charge in [-0.3, -0.25) is 0 Å². The first-order valence-electron chi connectivity index (χ1n) is 8.11. The number of rotatable bonds is 4. The van der Waals surface area contributed by atoms with E-state index in [1.165, 1.54) is 5.56 Å². The van der Waals surface area contributed by atoms with E-state index in [-0.39, 0.29) is 5.41 Å². The van der Waals surface area contributed by atoms with Gasteiger partial charge in [0.05, 0.1) is 10.6 Å². The van der Waals surface area contributed by atoms with Crippen LogP contribution in [-0.4, -0.2) is 5.97 Å². The summed E-state index contributed by atoms with van der Waals surface area (Å²) < 4.78 is 5.37. The van der Waals surface area contributed by atoms with Crippen molar-refractivity contribution in [2.24, 2.45) is 0 Å². The van der Waals surface area contributed by atoms with Gasteiger partial charge >= 0.3 is 5.97 Å². The molecule has 3 rings (SSSR count). The summed E-state index contributed by atoms with van der Waals surface area (Å²) in [6.45, 7) is 4.33. The molecule has 0 N–H and O–H groups in total. The number of ether oxygens (including phenoxy) is 1. The number of hydrogen-bond acceptors (Lipinski definition) is 2. The fourth-order valence-corrected chi connectivity index (χ4v) is 2.91. The van der Waals surface area contributed by atoms with Crippen LogP contribution in [-0.2, 0) is 5.41 Å². The molecule has 0 amide bonds. The fraction of sp³-hybridized carbons (Fsp3) is 0.136. The summed E-state index contributed by atoms with van der Waals surface area (Å²) in [4.78, 5) is 12.3. The van der Waals surface area contributed by atoms with E-state index in [9.17, 15) is 4.79 Å². The lowest BCUT2D eigenvalue weighted by atomic mass is 9.78. The molecule has 25 heavy (non-hydrogen) atoms. The molecule has 0 aliphatic carbocycles. The predicted octanol–water partition coefficient (Wildman–Crippen LogP) is 5.89. The predicted molar refractivity (Wildman–Crippen MR) is 101 cm³/mol. The first-order valence-corrected chi connectivity index (χ1v) is 8.49. The molecule has 3 aromatic carbocycles. The SMILES string of the molecule is CC(C)(c1ccccc1)c1ccc(C(=O)Oc2ccccc2Cl)cc1. The van der Waals surface area contributed by atoms with E-state index in [0.29, 0.717) is 16.3 Å². The molecular formula is C22H19ClO2. The molecule has 0 aromatic heterocycles. The third kappa shape index (κ3) is 3.75. The van der Waals surface area contributed by atoms with Gasteiger partial charge in [0.25, 0.3) is 0 Å². The molecule has 3 aromatic rings. The second-order valence-electron chi connectivity index (χ2n) is 6.39. The van der Waals surface area contributed by atoms with E-state index >= 15 is 0 Å². The topological polar surface area (TPSA) is 26.3 Å². The summed E-state index contributed by atoms with van der Waals surface area (Å²) in [7, 11) is 0. The maximum Gasteiger partial charge on any atom is 0.343 e. The highest BCUT2D eigenvalue weighted by atomic mass is 35.5.